The topological polar surface area (TPSA) is 83.1 Å². The quantitative estimate of drug-likeness (QED) is 0.0630. The van der Waals surface area contributed by atoms with Crippen molar-refractivity contribution < 1.29 is 19.4 Å². The molecule has 0 aliphatic rings. The molecule has 0 aromatic heterocycles. The normalized spacial score (nSPS) is 11.3. The minimum atomic E-state index is -0.777. The SMILES string of the molecule is COc1ccc(Nc2ccc(CCN(Cc3ccccc3)C[C@H](O)c3ccc(OCc4ccccc4)c(NC=O)c3)cc2)cc1-c1ccccc1.I. The van der Waals surface area contributed by atoms with E-state index in [0.29, 0.717) is 43.1 Å². The van der Waals surface area contributed by atoms with Crippen LogP contribution in [-0.2, 0) is 24.4 Å². The number of aliphatic hydroxyl groups excluding tert-OH is 1. The highest BCUT2D eigenvalue weighted by Crippen LogP contribution is 2.34. The zero-order valence-corrected chi connectivity index (χ0v) is 31.5. The molecule has 6 aromatic rings. The summed E-state index contributed by atoms with van der Waals surface area (Å²) in [5.74, 6) is 1.37. The van der Waals surface area contributed by atoms with Gasteiger partial charge in [-0.3, -0.25) is 9.69 Å². The molecule has 1 atom stereocenters. The summed E-state index contributed by atoms with van der Waals surface area (Å²) in [6, 6.07) is 50.4. The molecule has 0 heterocycles. The zero-order valence-electron chi connectivity index (χ0n) is 29.2. The number of ether oxygens (including phenoxy) is 2. The van der Waals surface area contributed by atoms with Crippen LogP contribution in [-0.4, -0.2) is 36.6 Å². The summed E-state index contributed by atoms with van der Waals surface area (Å²) in [7, 11) is 1.69. The summed E-state index contributed by atoms with van der Waals surface area (Å²) in [5.41, 5.74) is 8.72. The second-order valence-corrected chi connectivity index (χ2v) is 12.4. The Balaban J connectivity index is 0.00000523. The van der Waals surface area contributed by atoms with Crippen LogP contribution in [0.25, 0.3) is 11.1 Å². The van der Waals surface area contributed by atoms with E-state index in [1.807, 2.05) is 84.9 Å². The maximum absolute atomic E-state index is 11.4. The van der Waals surface area contributed by atoms with Crippen molar-refractivity contribution in [1.82, 2.24) is 4.90 Å². The first-order valence-corrected chi connectivity index (χ1v) is 17.1. The molecule has 0 bridgehead atoms. The number of methoxy groups -OCH3 is 1. The van der Waals surface area contributed by atoms with Gasteiger partial charge in [-0.1, -0.05) is 109 Å². The molecule has 6 aromatic carbocycles. The second kappa shape index (κ2) is 19.4. The van der Waals surface area contributed by atoms with Gasteiger partial charge in [0, 0.05) is 36.6 Å². The average Bonchev–Trinajstić information content (AvgIpc) is 3.18. The number of aliphatic hydroxyl groups is 1. The molecule has 0 fully saturated rings. The molecule has 0 unspecified atom stereocenters. The van der Waals surface area contributed by atoms with Gasteiger partial charge in [-0.15, -0.1) is 24.0 Å². The predicted molar refractivity (Wildman–Crippen MR) is 221 cm³/mol. The Morgan fingerprint density at radius 3 is 2.02 bits per heavy atom. The Bertz CT molecular complexity index is 1980. The third-order valence-electron chi connectivity index (χ3n) is 8.76. The van der Waals surface area contributed by atoms with Crippen molar-refractivity contribution in [2.75, 3.05) is 30.8 Å². The minimum absolute atomic E-state index is 0. The van der Waals surface area contributed by atoms with Crippen LogP contribution in [0.2, 0.25) is 0 Å². The summed E-state index contributed by atoms with van der Waals surface area (Å²) >= 11 is 0. The third-order valence-corrected chi connectivity index (χ3v) is 8.76. The number of amides is 1. The number of hydrogen-bond donors (Lipinski definition) is 3. The highest BCUT2D eigenvalue weighted by atomic mass is 127. The second-order valence-electron chi connectivity index (χ2n) is 12.4. The fourth-order valence-electron chi connectivity index (χ4n) is 6.06. The molecular formula is C44H44IN3O4. The van der Waals surface area contributed by atoms with Crippen molar-refractivity contribution in [3.8, 4) is 22.6 Å². The van der Waals surface area contributed by atoms with Crippen molar-refractivity contribution in [3.63, 3.8) is 0 Å². The van der Waals surface area contributed by atoms with Crippen LogP contribution in [0.4, 0.5) is 17.1 Å². The van der Waals surface area contributed by atoms with Crippen molar-refractivity contribution in [2.24, 2.45) is 0 Å². The Labute approximate surface area is 323 Å². The van der Waals surface area contributed by atoms with Crippen LogP contribution < -0.4 is 20.1 Å². The zero-order chi connectivity index (χ0) is 35.3. The van der Waals surface area contributed by atoms with Crippen LogP contribution in [0.1, 0.15) is 28.4 Å². The Morgan fingerprint density at radius 2 is 1.35 bits per heavy atom. The van der Waals surface area contributed by atoms with Crippen LogP contribution in [0, 0.1) is 0 Å². The molecule has 0 radical (unpaired) electrons. The lowest BCUT2D eigenvalue weighted by atomic mass is 10.0. The van der Waals surface area contributed by atoms with Gasteiger partial charge in [0.1, 0.15) is 18.1 Å². The third kappa shape index (κ3) is 10.7. The number of nitrogens with zero attached hydrogens (tertiary/aromatic N) is 1. The van der Waals surface area contributed by atoms with Crippen LogP contribution in [0.15, 0.2) is 152 Å². The lowest BCUT2D eigenvalue weighted by Gasteiger charge is -2.26. The number of anilines is 3. The Kier molecular flexibility index (Phi) is 14.2. The van der Waals surface area contributed by atoms with E-state index in [4.69, 9.17) is 9.47 Å². The van der Waals surface area contributed by atoms with Crippen molar-refractivity contribution in [3.05, 3.63) is 174 Å². The highest BCUT2D eigenvalue weighted by molar-refractivity contribution is 14.0. The van der Waals surface area contributed by atoms with E-state index in [0.717, 1.165) is 46.8 Å². The molecule has 0 aliphatic heterocycles. The molecule has 6 rings (SSSR count). The summed E-state index contributed by atoms with van der Waals surface area (Å²) in [6.07, 6.45) is 0.661. The van der Waals surface area contributed by atoms with Crippen molar-refractivity contribution in [2.45, 2.75) is 25.7 Å². The Morgan fingerprint density at radius 1 is 0.712 bits per heavy atom. The first-order chi connectivity index (χ1) is 25.1. The number of nitrogens with one attached hydrogen (secondary N) is 2. The number of hydrogen-bond acceptors (Lipinski definition) is 6. The van der Waals surface area contributed by atoms with Gasteiger partial charge in [0.25, 0.3) is 0 Å². The summed E-state index contributed by atoms with van der Waals surface area (Å²) in [6.45, 7) is 2.22. The number of carbonyl (C=O) groups is 1. The van der Waals surface area contributed by atoms with Gasteiger partial charge in [-0.05, 0) is 76.7 Å². The van der Waals surface area contributed by atoms with Gasteiger partial charge in [0.15, 0.2) is 0 Å². The minimum Gasteiger partial charge on any atom is -0.496 e. The molecule has 3 N–H and O–H groups in total. The largest absolute Gasteiger partial charge is 0.496 e. The van der Waals surface area contributed by atoms with Gasteiger partial charge in [-0.2, -0.15) is 0 Å². The smallest absolute Gasteiger partial charge is 0.211 e. The molecular weight excluding hydrogens is 761 g/mol. The van der Waals surface area contributed by atoms with Crippen LogP contribution in [0.5, 0.6) is 11.5 Å². The monoisotopic (exact) mass is 805 g/mol. The maximum Gasteiger partial charge on any atom is 0.211 e. The van der Waals surface area contributed by atoms with Gasteiger partial charge < -0.3 is 25.2 Å². The van der Waals surface area contributed by atoms with E-state index < -0.39 is 6.10 Å². The standard InChI is InChI=1S/C44H43N3O4.HI/c1-50-43-24-22-39(28-40(43)36-15-9-4-10-16-36)46-38-20-17-33(18-21-38)25-26-47(29-34-11-5-2-6-12-34)30-42(49)37-19-23-44(41(27-37)45-32-48)51-31-35-13-7-3-8-14-35;/h2-24,27-28,32,42,46,49H,25-26,29-31H2,1H3,(H,45,48);1H/t42-;/m0./s1. The molecule has 7 nitrogen and oxygen atoms in total. The molecule has 1 amide bonds. The van der Waals surface area contributed by atoms with E-state index >= 15 is 0 Å². The predicted octanol–water partition coefficient (Wildman–Crippen LogP) is 9.65. The van der Waals surface area contributed by atoms with Crippen molar-refractivity contribution in [1.29, 1.82) is 0 Å². The van der Waals surface area contributed by atoms with E-state index in [9.17, 15) is 9.90 Å². The fraction of sp³-hybridized carbons (Fsp3) is 0.159. The fourth-order valence-corrected chi connectivity index (χ4v) is 6.06. The van der Waals surface area contributed by atoms with Crippen molar-refractivity contribution >= 4 is 47.4 Å². The number of rotatable bonds is 17. The van der Waals surface area contributed by atoms with Gasteiger partial charge in [0.2, 0.25) is 6.41 Å². The number of benzene rings is 6. The summed E-state index contributed by atoms with van der Waals surface area (Å²) in [4.78, 5) is 13.7. The Hall–Kier alpha value is -5.16. The molecule has 0 saturated carbocycles. The molecule has 52 heavy (non-hydrogen) atoms. The molecule has 0 saturated heterocycles. The molecule has 266 valence electrons. The van der Waals surface area contributed by atoms with E-state index in [-0.39, 0.29) is 24.0 Å². The van der Waals surface area contributed by atoms with E-state index in [1.54, 1.807) is 19.2 Å². The van der Waals surface area contributed by atoms with Gasteiger partial charge in [0.05, 0.1) is 18.9 Å². The maximum atomic E-state index is 11.4. The number of halogens is 1. The van der Waals surface area contributed by atoms with Crippen LogP contribution >= 0.6 is 24.0 Å². The first kappa shape index (κ1) is 38.1. The lowest BCUT2D eigenvalue weighted by Crippen LogP contribution is -2.30. The van der Waals surface area contributed by atoms with E-state index in [2.05, 4.69) is 70.1 Å². The summed E-state index contributed by atoms with van der Waals surface area (Å²) < 4.78 is 11.6. The average molecular weight is 806 g/mol. The van der Waals surface area contributed by atoms with Gasteiger partial charge in [-0.25, -0.2) is 0 Å². The molecule has 0 aliphatic carbocycles. The number of carbonyl (C=O) groups excluding carboxylic acids is 1. The molecule has 0 spiro atoms. The molecule has 8 heteroatoms. The highest BCUT2D eigenvalue weighted by Gasteiger charge is 2.17. The van der Waals surface area contributed by atoms with E-state index in [1.165, 1.54) is 11.1 Å². The first-order valence-electron chi connectivity index (χ1n) is 17.1. The lowest BCUT2D eigenvalue weighted by molar-refractivity contribution is -0.105. The van der Waals surface area contributed by atoms with Gasteiger partial charge >= 0.3 is 0 Å². The van der Waals surface area contributed by atoms with Crippen LogP contribution in [0.3, 0.4) is 0 Å². The summed E-state index contributed by atoms with van der Waals surface area (Å²) in [5, 5.41) is 17.7.